The summed E-state index contributed by atoms with van der Waals surface area (Å²) in [4.78, 5) is 31.1. The summed E-state index contributed by atoms with van der Waals surface area (Å²) in [5.41, 5.74) is 2.18. The molecule has 2 aromatic rings. The van der Waals surface area contributed by atoms with Gasteiger partial charge in [0.2, 0.25) is 0 Å². The third-order valence-corrected chi connectivity index (χ3v) is 4.45. The van der Waals surface area contributed by atoms with Gasteiger partial charge in [-0.15, -0.1) is 0 Å². The van der Waals surface area contributed by atoms with Gasteiger partial charge in [-0.2, -0.15) is 0 Å². The summed E-state index contributed by atoms with van der Waals surface area (Å²) in [5.74, 6) is -0.426. The zero-order chi connectivity index (χ0) is 19.1. The van der Waals surface area contributed by atoms with Crippen LogP contribution in [0, 0.1) is 6.92 Å². The first-order valence-electron chi connectivity index (χ1n) is 8.78. The highest BCUT2D eigenvalue weighted by molar-refractivity contribution is 6.31. The Morgan fingerprint density at radius 3 is 2.42 bits per heavy atom. The molecule has 0 radical (unpaired) electrons. The lowest BCUT2D eigenvalue weighted by molar-refractivity contribution is 0.0755. The van der Waals surface area contributed by atoms with Gasteiger partial charge in [0.25, 0.3) is 11.8 Å². The number of nitrogens with zero attached hydrogens (tertiary/aromatic N) is 2. The third kappa shape index (κ3) is 4.82. The van der Waals surface area contributed by atoms with Crippen LogP contribution < -0.4 is 5.32 Å². The fourth-order valence-electron chi connectivity index (χ4n) is 2.66. The largest absolute Gasteiger partial charge is 0.339 e. The minimum absolute atomic E-state index is 0.102. The minimum atomic E-state index is -0.324. The second-order valence-corrected chi connectivity index (χ2v) is 6.53. The van der Waals surface area contributed by atoms with E-state index in [-0.39, 0.29) is 11.8 Å². The number of halogens is 1. The van der Waals surface area contributed by atoms with Gasteiger partial charge in [-0.1, -0.05) is 31.5 Å². The smallest absolute Gasteiger partial charge is 0.257 e. The average Bonchev–Trinajstić information content (AvgIpc) is 2.65. The van der Waals surface area contributed by atoms with Crippen LogP contribution in [0.5, 0.6) is 0 Å². The number of rotatable bonds is 7. The van der Waals surface area contributed by atoms with Gasteiger partial charge < -0.3 is 10.2 Å². The Hall–Kier alpha value is -2.40. The molecule has 0 saturated carbocycles. The van der Waals surface area contributed by atoms with Gasteiger partial charge in [0.1, 0.15) is 0 Å². The zero-order valence-corrected chi connectivity index (χ0v) is 16.1. The molecule has 0 atom stereocenters. The number of hydrogen-bond acceptors (Lipinski definition) is 3. The van der Waals surface area contributed by atoms with Crippen molar-refractivity contribution in [3.63, 3.8) is 0 Å². The summed E-state index contributed by atoms with van der Waals surface area (Å²) in [5, 5.41) is 3.41. The van der Waals surface area contributed by atoms with E-state index in [0.717, 1.165) is 18.4 Å². The first-order chi connectivity index (χ1) is 12.5. The quantitative estimate of drug-likeness (QED) is 0.773. The number of anilines is 1. The molecule has 0 unspecified atom stereocenters. The molecule has 0 saturated heterocycles. The molecule has 6 heteroatoms. The number of aromatic nitrogens is 1. The maximum atomic E-state index is 12.7. The number of carbonyl (C=O) groups excluding carboxylic acids is 2. The van der Waals surface area contributed by atoms with E-state index in [1.807, 2.05) is 20.8 Å². The molecular formula is C20H24ClN3O2. The summed E-state index contributed by atoms with van der Waals surface area (Å²) < 4.78 is 0. The number of hydrogen-bond donors (Lipinski definition) is 1. The van der Waals surface area contributed by atoms with Gasteiger partial charge in [-0.05, 0) is 43.5 Å². The molecule has 0 aliphatic rings. The van der Waals surface area contributed by atoms with E-state index < -0.39 is 0 Å². The number of benzene rings is 1. The van der Waals surface area contributed by atoms with Crippen molar-refractivity contribution in [1.29, 1.82) is 0 Å². The molecule has 0 fully saturated rings. The Labute approximate surface area is 159 Å². The molecule has 0 spiro atoms. The summed E-state index contributed by atoms with van der Waals surface area (Å²) in [6, 6.07) is 6.91. The van der Waals surface area contributed by atoms with Crippen molar-refractivity contribution >= 4 is 29.1 Å². The Balaban J connectivity index is 2.21. The summed E-state index contributed by atoms with van der Waals surface area (Å²) >= 11 is 6.09. The Kier molecular flexibility index (Phi) is 7.16. The molecule has 1 N–H and O–H groups in total. The van der Waals surface area contributed by atoms with Crippen LogP contribution in [0.3, 0.4) is 0 Å². The van der Waals surface area contributed by atoms with E-state index in [2.05, 4.69) is 10.3 Å². The van der Waals surface area contributed by atoms with Crippen LogP contribution in [0.25, 0.3) is 0 Å². The minimum Gasteiger partial charge on any atom is -0.339 e. The van der Waals surface area contributed by atoms with Crippen molar-refractivity contribution < 1.29 is 9.59 Å². The normalized spacial score (nSPS) is 10.5. The van der Waals surface area contributed by atoms with Crippen molar-refractivity contribution in [2.24, 2.45) is 0 Å². The molecule has 0 aliphatic heterocycles. The second kappa shape index (κ2) is 9.34. The number of pyridine rings is 1. The molecule has 1 aromatic heterocycles. The van der Waals surface area contributed by atoms with E-state index in [4.69, 9.17) is 11.6 Å². The molecular weight excluding hydrogens is 350 g/mol. The van der Waals surface area contributed by atoms with Crippen LogP contribution >= 0.6 is 11.6 Å². The molecule has 5 nitrogen and oxygen atoms in total. The van der Waals surface area contributed by atoms with Gasteiger partial charge in [0.05, 0.1) is 11.1 Å². The highest BCUT2D eigenvalue weighted by atomic mass is 35.5. The van der Waals surface area contributed by atoms with Gasteiger partial charge in [-0.3, -0.25) is 14.6 Å². The first-order valence-corrected chi connectivity index (χ1v) is 9.16. The maximum absolute atomic E-state index is 12.7. The van der Waals surface area contributed by atoms with Crippen LogP contribution in [0.4, 0.5) is 5.69 Å². The topological polar surface area (TPSA) is 62.3 Å². The standard InChI is InChI=1S/C20H24ClN3O2/c1-4-9-24(10-5-2)20(26)16-11-15(12-22-13-16)19(25)23-18-8-6-7-17(21)14(18)3/h6-8,11-13H,4-5,9-10H2,1-3H3,(H,23,25). The Morgan fingerprint density at radius 2 is 1.77 bits per heavy atom. The van der Waals surface area contributed by atoms with Crippen molar-refractivity contribution in [2.75, 3.05) is 18.4 Å². The third-order valence-electron chi connectivity index (χ3n) is 4.04. The molecule has 26 heavy (non-hydrogen) atoms. The van der Waals surface area contributed by atoms with Crippen molar-refractivity contribution in [3.8, 4) is 0 Å². The molecule has 1 aromatic carbocycles. The van der Waals surface area contributed by atoms with Gasteiger partial charge >= 0.3 is 0 Å². The Bertz CT molecular complexity index is 786. The van der Waals surface area contributed by atoms with Crippen LogP contribution in [-0.4, -0.2) is 34.8 Å². The molecule has 2 amide bonds. The van der Waals surface area contributed by atoms with E-state index >= 15 is 0 Å². The van der Waals surface area contributed by atoms with Crippen molar-refractivity contribution in [2.45, 2.75) is 33.6 Å². The fourth-order valence-corrected chi connectivity index (χ4v) is 2.83. The van der Waals surface area contributed by atoms with Crippen LogP contribution in [-0.2, 0) is 0 Å². The summed E-state index contributed by atoms with van der Waals surface area (Å²) in [7, 11) is 0. The monoisotopic (exact) mass is 373 g/mol. The zero-order valence-electron chi connectivity index (χ0n) is 15.4. The second-order valence-electron chi connectivity index (χ2n) is 6.12. The SMILES string of the molecule is CCCN(CCC)C(=O)c1cncc(C(=O)Nc2cccc(Cl)c2C)c1. The predicted octanol–water partition coefficient (Wildman–Crippen LogP) is 4.56. The van der Waals surface area contributed by atoms with E-state index in [1.54, 1.807) is 29.2 Å². The van der Waals surface area contributed by atoms with Crippen LogP contribution in [0.1, 0.15) is 53.0 Å². The molecule has 0 aliphatic carbocycles. The van der Waals surface area contributed by atoms with E-state index in [9.17, 15) is 9.59 Å². The van der Waals surface area contributed by atoms with E-state index in [1.165, 1.54) is 12.4 Å². The molecule has 2 rings (SSSR count). The first kappa shape index (κ1) is 19.9. The van der Waals surface area contributed by atoms with Crippen LogP contribution in [0.15, 0.2) is 36.7 Å². The van der Waals surface area contributed by atoms with Crippen molar-refractivity contribution in [1.82, 2.24) is 9.88 Å². The highest BCUT2D eigenvalue weighted by Gasteiger charge is 2.17. The van der Waals surface area contributed by atoms with Crippen LogP contribution in [0.2, 0.25) is 5.02 Å². The van der Waals surface area contributed by atoms with Gasteiger partial charge in [0.15, 0.2) is 0 Å². The highest BCUT2D eigenvalue weighted by Crippen LogP contribution is 2.23. The summed E-state index contributed by atoms with van der Waals surface area (Å²) in [6.45, 7) is 7.27. The van der Waals surface area contributed by atoms with Crippen molar-refractivity contribution in [3.05, 3.63) is 58.4 Å². The van der Waals surface area contributed by atoms with E-state index in [0.29, 0.717) is 34.9 Å². The molecule has 138 valence electrons. The lowest BCUT2D eigenvalue weighted by Crippen LogP contribution is -2.32. The number of amides is 2. The lowest BCUT2D eigenvalue weighted by atomic mass is 10.1. The Morgan fingerprint density at radius 1 is 1.12 bits per heavy atom. The number of carbonyl (C=O) groups is 2. The summed E-state index contributed by atoms with van der Waals surface area (Å²) in [6.07, 6.45) is 4.72. The fraction of sp³-hybridized carbons (Fsp3) is 0.350. The maximum Gasteiger partial charge on any atom is 0.257 e. The molecule has 0 bridgehead atoms. The average molecular weight is 374 g/mol. The predicted molar refractivity (Wildman–Crippen MR) is 105 cm³/mol. The van der Waals surface area contributed by atoms with Gasteiger partial charge in [0, 0.05) is 36.2 Å². The number of nitrogens with one attached hydrogen (secondary N) is 1. The lowest BCUT2D eigenvalue weighted by Gasteiger charge is -2.21. The van der Waals surface area contributed by atoms with Gasteiger partial charge in [-0.25, -0.2) is 0 Å². The molecule has 1 heterocycles.